The first-order valence-electron chi connectivity index (χ1n) is 7.02. The number of anilines is 1. The number of benzene rings is 1. The molecule has 3 nitrogen and oxygen atoms in total. The second kappa shape index (κ2) is 7.13. The van der Waals surface area contributed by atoms with Crippen molar-refractivity contribution in [2.45, 2.75) is 31.8 Å². The van der Waals surface area contributed by atoms with E-state index in [9.17, 15) is 0 Å². The molecule has 1 atom stereocenters. The minimum Gasteiger partial charge on any atom is -0.376 e. The molecule has 0 aliphatic carbocycles. The minimum absolute atomic E-state index is 0.320. The summed E-state index contributed by atoms with van der Waals surface area (Å²) in [6, 6.07) is 6.03. The Labute approximate surface area is 120 Å². The van der Waals surface area contributed by atoms with E-state index in [-0.39, 0.29) is 0 Å². The Balaban J connectivity index is 2.10. The monoisotopic (exact) mass is 282 g/mol. The lowest BCUT2D eigenvalue weighted by Crippen LogP contribution is -2.34. The molecule has 0 amide bonds. The van der Waals surface area contributed by atoms with Gasteiger partial charge in [-0.2, -0.15) is 0 Å². The average Bonchev–Trinajstić information content (AvgIpc) is 2.40. The van der Waals surface area contributed by atoms with E-state index in [2.05, 4.69) is 18.0 Å². The van der Waals surface area contributed by atoms with Crippen LogP contribution in [0.5, 0.6) is 0 Å². The molecule has 0 aromatic heterocycles. The van der Waals surface area contributed by atoms with Crippen LogP contribution in [0.1, 0.15) is 24.8 Å². The fraction of sp³-hybridized carbons (Fsp3) is 0.600. The lowest BCUT2D eigenvalue weighted by atomic mass is 10.1. The van der Waals surface area contributed by atoms with Crippen molar-refractivity contribution in [3.8, 4) is 0 Å². The highest BCUT2D eigenvalue weighted by molar-refractivity contribution is 6.33. The van der Waals surface area contributed by atoms with Crippen molar-refractivity contribution in [3.05, 3.63) is 28.8 Å². The van der Waals surface area contributed by atoms with E-state index >= 15 is 0 Å². The van der Waals surface area contributed by atoms with E-state index in [4.69, 9.17) is 22.1 Å². The van der Waals surface area contributed by atoms with Crippen LogP contribution in [0.2, 0.25) is 5.02 Å². The zero-order valence-electron chi connectivity index (χ0n) is 11.6. The lowest BCUT2D eigenvalue weighted by molar-refractivity contribution is 0.0216. The molecular formula is C15H23ClN2O. The summed E-state index contributed by atoms with van der Waals surface area (Å²) in [4.78, 5) is 2.21. The Kier molecular flexibility index (Phi) is 5.49. The van der Waals surface area contributed by atoms with Gasteiger partial charge in [0.2, 0.25) is 0 Å². The molecule has 0 radical (unpaired) electrons. The molecule has 2 N–H and O–H groups in total. The molecule has 1 aromatic carbocycles. The third kappa shape index (κ3) is 3.85. The molecule has 1 unspecified atom stereocenters. The van der Waals surface area contributed by atoms with Crippen molar-refractivity contribution >= 4 is 17.3 Å². The largest absolute Gasteiger partial charge is 0.376 e. The molecule has 4 heteroatoms. The van der Waals surface area contributed by atoms with E-state index in [1.165, 1.54) is 18.4 Å². The van der Waals surface area contributed by atoms with Gasteiger partial charge in [-0.25, -0.2) is 0 Å². The maximum absolute atomic E-state index is 6.35. The number of hydrogen-bond donors (Lipinski definition) is 1. The van der Waals surface area contributed by atoms with Gasteiger partial charge in [0.25, 0.3) is 0 Å². The molecule has 0 bridgehead atoms. The number of rotatable bonds is 5. The standard InChI is InChI=1S/C15H23ClN2O/c1-18(11-13-6-2-3-10-19-13)15-12(8-9-17)5-4-7-14(15)16/h4-5,7,13H,2-3,6,8-11,17H2,1H3. The van der Waals surface area contributed by atoms with Gasteiger partial charge in [-0.15, -0.1) is 0 Å². The third-order valence-electron chi connectivity index (χ3n) is 3.62. The number of ether oxygens (including phenoxy) is 1. The van der Waals surface area contributed by atoms with Crippen LogP contribution < -0.4 is 10.6 Å². The fourth-order valence-corrected chi connectivity index (χ4v) is 3.03. The van der Waals surface area contributed by atoms with Crippen molar-refractivity contribution in [2.24, 2.45) is 5.73 Å². The van der Waals surface area contributed by atoms with E-state index in [1.807, 2.05) is 12.1 Å². The molecule has 1 fully saturated rings. The molecule has 1 aliphatic rings. The summed E-state index contributed by atoms with van der Waals surface area (Å²) in [6.07, 6.45) is 4.76. The van der Waals surface area contributed by atoms with Gasteiger partial charge in [0.1, 0.15) is 0 Å². The molecule has 1 saturated heterocycles. The Bertz CT molecular complexity index is 405. The highest BCUT2D eigenvalue weighted by Crippen LogP contribution is 2.30. The summed E-state index contributed by atoms with van der Waals surface area (Å²) in [7, 11) is 2.08. The Morgan fingerprint density at radius 1 is 1.42 bits per heavy atom. The lowest BCUT2D eigenvalue weighted by Gasteiger charge is -2.30. The zero-order valence-corrected chi connectivity index (χ0v) is 12.3. The Morgan fingerprint density at radius 2 is 2.26 bits per heavy atom. The van der Waals surface area contributed by atoms with Gasteiger partial charge in [0.15, 0.2) is 0 Å². The summed E-state index contributed by atoms with van der Waals surface area (Å²) >= 11 is 6.35. The van der Waals surface area contributed by atoms with Gasteiger partial charge in [0, 0.05) is 20.2 Å². The molecule has 19 heavy (non-hydrogen) atoms. The van der Waals surface area contributed by atoms with Gasteiger partial charge in [-0.3, -0.25) is 0 Å². The summed E-state index contributed by atoms with van der Waals surface area (Å²) in [6.45, 7) is 2.42. The SMILES string of the molecule is CN(CC1CCCCO1)c1c(Cl)cccc1CCN. The quantitative estimate of drug-likeness (QED) is 0.902. The zero-order chi connectivity index (χ0) is 13.7. The number of nitrogens with two attached hydrogens (primary N) is 1. The number of nitrogens with zero attached hydrogens (tertiary/aromatic N) is 1. The second-order valence-corrected chi connectivity index (χ2v) is 5.56. The van der Waals surface area contributed by atoms with Gasteiger partial charge in [0.05, 0.1) is 16.8 Å². The first kappa shape index (κ1) is 14.6. The van der Waals surface area contributed by atoms with Crippen LogP contribution in [-0.2, 0) is 11.2 Å². The smallest absolute Gasteiger partial charge is 0.0749 e. The van der Waals surface area contributed by atoms with E-state index in [0.717, 1.165) is 36.7 Å². The molecule has 2 rings (SSSR count). The van der Waals surface area contributed by atoms with Gasteiger partial charge < -0.3 is 15.4 Å². The van der Waals surface area contributed by atoms with E-state index in [1.54, 1.807) is 0 Å². The van der Waals surface area contributed by atoms with Crippen molar-refractivity contribution in [1.82, 2.24) is 0 Å². The maximum atomic E-state index is 6.35. The first-order chi connectivity index (χ1) is 9.22. The normalized spacial score (nSPS) is 19.4. The maximum Gasteiger partial charge on any atom is 0.0749 e. The molecule has 1 aromatic rings. The van der Waals surface area contributed by atoms with E-state index in [0.29, 0.717) is 12.6 Å². The van der Waals surface area contributed by atoms with Gasteiger partial charge in [-0.1, -0.05) is 23.7 Å². The van der Waals surface area contributed by atoms with Crippen LogP contribution in [0.4, 0.5) is 5.69 Å². The molecule has 0 saturated carbocycles. The van der Waals surface area contributed by atoms with Crippen LogP contribution in [0.25, 0.3) is 0 Å². The van der Waals surface area contributed by atoms with Crippen LogP contribution in [0, 0.1) is 0 Å². The summed E-state index contributed by atoms with van der Waals surface area (Å²) in [5.74, 6) is 0. The number of likely N-dealkylation sites (N-methyl/N-ethyl adjacent to an activating group) is 1. The topological polar surface area (TPSA) is 38.5 Å². The number of halogens is 1. The van der Waals surface area contributed by atoms with Crippen LogP contribution in [-0.4, -0.2) is 32.8 Å². The predicted molar refractivity (Wildman–Crippen MR) is 81.1 cm³/mol. The first-order valence-corrected chi connectivity index (χ1v) is 7.40. The average molecular weight is 283 g/mol. The number of hydrogen-bond acceptors (Lipinski definition) is 3. The number of para-hydroxylation sites is 1. The molecule has 0 spiro atoms. The Morgan fingerprint density at radius 3 is 2.95 bits per heavy atom. The summed E-state index contributed by atoms with van der Waals surface area (Å²) in [5, 5.41) is 0.796. The second-order valence-electron chi connectivity index (χ2n) is 5.16. The molecule has 106 valence electrons. The summed E-state index contributed by atoms with van der Waals surface area (Å²) < 4.78 is 5.80. The fourth-order valence-electron chi connectivity index (χ4n) is 2.69. The molecule has 1 heterocycles. The Hall–Kier alpha value is -0.770. The summed E-state index contributed by atoms with van der Waals surface area (Å²) in [5.41, 5.74) is 7.99. The third-order valence-corrected chi connectivity index (χ3v) is 3.92. The van der Waals surface area contributed by atoms with E-state index < -0.39 is 0 Å². The predicted octanol–water partition coefficient (Wildman–Crippen LogP) is 2.85. The van der Waals surface area contributed by atoms with Gasteiger partial charge in [-0.05, 0) is 43.9 Å². The highest BCUT2D eigenvalue weighted by Gasteiger charge is 2.18. The molecule has 1 aliphatic heterocycles. The van der Waals surface area contributed by atoms with Gasteiger partial charge >= 0.3 is 0 Å². The van der Waals surface area contributed by atoms with Crippen molar-refractivity contribution in [3.63, 3.8) is 0 Å². The van der Waals surface area contributed by atoms with Crippen LogP contribution in [0.15, 0.2) is 18.2 Å². The molecular weight excluding hydrogens is 260 g/mol. The minimum atomic E-state index is 0.320. The van der Waals surface area contributed by atoms with Crippen molar-refractivity contribution < 1.29 is 4.74 Å². The van der Waals surface area contributed by atoms with Crippen LogP contribution in [0.3, 0.4) is 0 Å². The van der Waals surface area contributed by atoms with Crippen LogP contribution >= 0.6 is 11.6 Å². The van der Waals surface area contributed by atoms with Crippen molar-refractivity contribution in [1.29, 1.82) is 0 Å². The highest BCUT2D eigenvalue weighted by atomic mass is 35.5. The van der Waals surface area contributed by atoms with Crippen molar-refractivity contribution in [2.75, 3.05) is 31.6 Å².